The number of ether oxygens (including phenoxy) is 3. The second kappa shape index (κ2) is 10.3. The molecule has 0 saturated carbocycles. The van der Waals surface area contributed by atoms with Crippen LogP contribution in [0.1, 0.15) is 18.1 Å². The molecule has 0 aromatic heterocycles. The highest BCUT2D eigenvalue weighted by Gasteiger charge is 2.23. The van der Waals surface area contributed by atoms with Crippen molar-refractivity contribution >= 4 is 0 Å². The maximum absolute atomic E-state index is 11.2. The van der Waals surface area contributed by atoms with E-state index in [0.717, 1.165) is 16.7 Å². The van der Waals surface area contributed by atoms with E-state index in [1.807, 2.05) is 38.1 Å². The molecule has 4 rings (SSSR count). The lowest BCUT2D eigenvalue weighted by Crippen LogP contribution is -1.99. The average Bonchev–Trinajstić information content (AvgIpc) is 2.86. The van der Waals surface area contributed by atoms with Gasteiger partial charge in [-0.25, -0.2) is 0 Å². The molecule has 0 aliphatic rings. The van der Waals surface area contributed by atoms with Gasteiger partial charge in [-0.05, 0) is 60.9 Å². The van der Waals surface area contributed by atoms with E-state index in [9.17, 15) is 15.3 Å². The van der Waals surface area contributed by atoms with Crippen LogP contribution in [-0.4, -0.2) is 29.0 Å². The van der Waals surface area contributed by atoms with Crippen molar-refractivity contribution in [3.63, 3.8) is 0 Å². The summed E-state index contributed by atoms with van der Waals surface area (Å²) in [7, 11) is 1.51. The summed E-state index contributed by atoms with van der Waals surface area (Å²) in [6.45, 7) is 4.50. The number of phenols is 3. The molecule has 35 heavy (non-hydrogen) atoms. The van der Waals surface area contributed by atoms with E-state index in [1.165, 1.54) is 13.2 Å². The summed E-state index contributed by atoms with van der Waals surface area (Å²) < 4.78 is 17.2. The van der Waals surface area contributed by atoms with Gasteiger partial charge in [0.2, 0.25) is 0 Å². The molecular weight excluding hydrogens is 444 g/mol. The van der Waals surface area contributed by atoms with Gasteiger partial charge in [0.25, 0.3) is 0 Å². The van der Waals surface area contributed by atoms with Crippen LogP contribution in [0.25, 0.3) is 22.3 Å². The topological polar surface area (TPSA) is 88.4 Å². The van der Waals surface area contributed by atoms with Crippen LogP contribution in [0.15, 0.2) is 72.8 Å². The average molecular weight is 473 g/mol. The van der Waals surface area contributed by atoms with Crippen LogP contribution in [0, 0.1) is 6.92 Å². The van der Waals surface area contributed by atoms with Gasteiger partial charge in [-0.2, -0.15) is 0 Å². The Hall–Kier alpha value is -4.32. The molecule has 4 aromatic carbocycles. The molecule has 0 amide bonds. The van der Waals surface area contributed by atoms with Gasteiger partial charge in [0, 0.05) is 5.56 Å². The number of aromatic hydroxyl groups is 3. The maximum Gasteiger partial charge on any atom is 0.170 e. The van der Waals surface area contributed by atoms with Crippen LogP contribution in [0.2, 0.25) is 0 Å². The first-order chi connectivity index (χ1) is 16.9. The first-order valence-corrected chi connectivity index (χ1v) is 11.3. The second-order valence-corrected chi connectivity index (χ2v) is 8.12. The monoisotopic (exact) mass is 472 g/mol. The van der Waals surface area contributed by atoms with Crippen molar-refractivity contribution in [2.24, 2.45) is 0 Å². The summed E-state index contributed by atoms with van der Waals surface area (Å²) >= 11 is 0. The number of benzene rings is 4. The molecule has 0 saturated heterocycles. The largest absolute Gasteiger partial charge is 0.508 e. The van der Waals surface area contributed by atoms with E-state index in [0.29, 0.717) is 41.4 Å². The minimum atomic E-state index is -0.109. The molecule has 3 N–H and O–H groups in total. The zero-order valence-electron chi connectivity index (χ0n) is 19.9. The molecule has 0 aliphatic heterocycles. The van der Waals surface area contributed by atoms with E-state index < -0.39 is 0 Å². The lowest BCUT2D eigenvalue weighted by atomic mass is 9.96. The van der Waals surface area contributed by atoms with Gasteiger partial charge < -0.3 is 29.5 Å². The fraction of sp³-hybridized carbons (Fsp3) is 0.172. The number of hydrogen-bond acceptors (Lipinski definition) is 6. The van der Waals surface area contributed by atoms with Crippen molar-refractivity contribution in [1.29, 1.82) is 0 Å². The molecular formula is C29H28O6. The number of hydrogen-bond donors (Lipinski definition) is 3. The minimum absolute atomic E-state index is 0.0587. The highest BCUT2D eigenvalue weighted by atomic mass is 16.5. The van der Waals surface area contributed by atoms with Crippen molar-refractivity contribution in [2.75, 3.05) is 13.7 Å². The summed E-state index contributed by atoms with van der Waals surface area (Å²) in [5.41, 5.74) is 4.44. The van der Waals surface area contributed by atoms with E-state index in [-0.39, 0.29) is 23.0 Å². The highest BCUT2D eigenvalue weighted by molar-refractivity contribution is 5.88. The Kier molecular flexibility index (Phi) is 7.01. The number of phenolic OH excluding ortho intramolecular Hbond substituents is 3. The summed E-state index contributed by atoms with van der Waals surface area (Å²) in [4.78, 5) is 0. The third-order valence-electron chi connectivity index (χ3n) is 5.67. The lowest BCUT2D eigenvalue weighted by molar-refractivity contribution is 0.289. The van der Waals surface area contributed by atoms with Gasteiger partial charge in [0.05, 0.1) is 19.3 Å². The zero-order chi connectivity index (χ0) is 24.9. The van der Waals surface area contributed by atoms with Gasteiger partial charge in [0.15, 0.2) is 23.0 Å². The fourth-order valence-electron chi connectivity index (χ4n) is 3.85. The Bertz CT molecular complexity index is 1310. The fourth-order valence-corrected chi connectivity index (χ4v) is 3.85. The number of aryl methyl sites for hydroxylation is 1. The van der Waals surface area contributed by atoms with Crippen molar-refractivity contribution in [3.05, 3.63) is 83.9 Å². The molecule has 0 fully saturated rings. The second-order valence-electron chi connectivity index (χ2n) is 8.12. The minimum Gasteiger partial charge on any atom is -0.508 e. The number of methoxy groups -OCH3 is 1. The maximum atomic E-state index is 11.2. The Labute approximate surface area is 204 Å². The summed E-state index contributed by atoms with van der Waals surface area (Å²) in [5, 5.41) is 31.6. The Morgan fingerprint density at radius 1 is 0.743 bits per heavy atom. The van der Waals surface area contributed by atoms with E-state index >= 15 is 0 Å². The summed E-state index contributed by atoms with van der Waals surface area (Å²) in [6.07, 6.45) is 0. The molecule has 6 heteroatoms. The van der Waals surface area contributed by atoms with Gasteiger partial charge in [0.1, 0.15) is 18.1 Å². The highest BCUT2D eigenvalue weighted by Crippen LogP contribution is 2.50. The van der Waals surface area contributed by atoms with Crippen molar-refractivity contribution < 1.29 is 29.5 Å². The van der Waals surface area contributed by atoms with Gasteiger partial charge in [-0.3, -0.25) is 0 Å². The molecule has 0 radical (unpaired) electrons. The molecule has 6 nitrogen and oxygen atoms in total. The third kappa shape index (κ3) is 5.11. The van der Waals surface area contributed by atoms with Crippen LogP contribution < -0.4 is 14.2 Å². The van der Waals surface area contributed by atoms with E-state index in [2.05, 4.69) is 0 Å². The Balaban J connectivity index is 1.71. The van der Waals surface area contributed by atoms with E-state index in [1.54, 1.807) is 42.5 Å². The normalized spacial score (nSPS) is 10.7. The van der Waals surface area contributed by atoms with Crippen molar-refractivity contribution in [3.8, 4) is 56.8 Å². The Morgan fingerprint density at radius 3 is 2.06 bits per heavy atom. The van der Waals surface area contributed by atoms with Gasteiger partial charge in [-0.15, -0.1) is 0 Å². The third-order valence-corrected chi connectivity index (χ3v) is 5.67. The first-order valence-electron chi connectivity index (χ1n) is 11.3. The van der Waals surface area contributed by atoms with Crippen LogP contribution in [0.4, 0.5) is 0 Å². The van der Waals surface area contributed by atoms with Gasteiger partial charge in [-0.1, -0.05) is 48.0 Å². The molecule has 0 unspecified atom stereocenters. The summed E-state index contributed by atoms with van der Waals surface area (Å²) in [6, 6.07) is 21.3. The van der Waals surface area contributed by atoms with Crippen molar-refractivity contribution in [1.82, 2.24) is 0 Å². The predicted octanol–water partition coefficient (Wildman–Crippen LogP) is 6.43. The summed E-state index contributed by atoms with van der Waals surface area (Å²) in [5.74, 6) is 0.992. The quantitative estimate of drug-likeness (QED) is 0.274. The molecule has 0 aliphatic carbocycles. The molecule has 0 bridgehead atoms. The molecule has 4 aromatic rings. The zero-order valence-corrected chi connectivity index (χ0v) is 19.9. The molecule has 0 heterocycles. The van der Waals surface area contributed by atoms with Crippen LogP contribution in [-0.2, 0) is 6.61 Å². The SMILES string of the molecule is CCOc1c(-c2ccc(O)cc2)cc(OC)c(-c2ccc(OCc3ccc(C)cc3)c(O)c2)c1O. The lowest BCUT2D eigenvalue weighted by Gasteiger charge is -2.19. The predicted molar refractivity (Wildman–Crippen MR) is 136 cm³/mol. The standard InChI is InChI=1S/C29H28O6/c1-4-34-29-23(20-9-12-22(30)13-10-20)16-26(33-3)27(28(29)32)21-11-14-25(24(31)15-21)35-17-19-7-5-18(2)6-8-19/h5-16,30-32H,4,17H2,1-3H3. The smallest absolute Gasteiger partial charge is 0.170 e. The first kappa shape index (κ1) is 23.8. The van der Waals surface area contributed by atoms with Crippen LogP contribution >= 0.6 is 0 Å². The molecule has 0 atom stereocenters. The van der Waals surface area contributed by atoms with E-state index in [4.69, 9.17) is 14.2 Å². The Morgan fingerprint density at radius 2 is 1.43 bits per heavy atom. The van der Waals surface area contributed by atoms with Crippen LogP contribution in [0.3, 0.4) is 0 Å². The van der Waals surface area contributed by atoms with Gasteiger partial charge >= 0.3 is 0 Å². The molecule has 180 valence electrons. The van der Waals surface area contributed by atoms with Crippen LogP contribution in [0.5, 0.6) is 34.5 Å². The number of rotatable bonds is 8. The molecule has 0 spiro atoms. The van der Waals surface area contributed by atoms with Crippen molar-refractivity contribution in [2.45, 2.75) is 20.5 Å².